The van der Waals surface area contributed by atoms with Crippen LogP contribution in [0, 0.1) is 0 Å². The molecule has 0 unspecified atom stereocenters. The second-order valence-corrected chi connectivity index (χ2v) is 3.67. The minimum Gasteiger partial charge on any atom is -0.497 e. The number of carbonyl (C=O) groups is 1. The van der Waals surface area contributed by atoms with E-state index in [1.165, 1.54) is 0 Å². The minimum atomic E-state index is -0.948. The monoisotopic (exact) mass is 207 g/mol. The number of nitrogens with one attached hydrogen (secondary N) is 1. The standard InChI is InChI=1S/C11H13NO3/c1-15-8-4-2-7(3-5-8)9-6-10(9)12-11(13)14/h2-5,9-10,12H,6H2,1H3,(H,13,14)/t9-,10+/m0/s1. The average molecular weight is 207 g/mol. The van der Waals surface area contributed by atoms with Crippen LogP contribution in [0.25, 0.3) is 0 Å². The zero-order chi connectivity index (χ0) is 10.8. The predicted molar refractivity (Wildman–Crippen MR) is 55.3 cm³/mol. The molecule has 15 heavy (non-hydrogen) atoms. The Kier molecular flexibility index (Phi) is 2.49. The second kappa shape index (κ2) is 3.81. The predicted octanol–water partition coefficient (Wildman–Crippen LogP) is 1.82. The molecule has 0 bridgehead atoms. The molecule has 0 radical (unpaired) electrons. The summed E-state index contributed by atoms with van der Waals surface area (Å²) in [6, 6.07) is 7.83. The van der Waals surface area contributed by atoms with Crippen LogP contribution < -0.4 is 10.1 Å². The lowest BCUT2D eigenvalue weighted by Gasteiger charge is -2.02. The molecule has 1 aromatic rings. The highest BCUT2D eigenvalue weighted by molar-refractivity contribution is 5.65. The zero-order valence-electron chi connectivity index (χ0n) is 8.43. The maximum Gasteiger partial charge on any atom is 0.404 e. The van der Waals surface area contributed by atoms with Crippen LogP contribution in [0.4, 0.5) is 4.79 Å². The largest absolute Gasteiger partial charge is 0.497 e. The van der Waals surface area contributed by atoms with Gasteiger partial charge in [0.15, 0.2) is 0 Å². The Morgan fingerprint density at radius 1 is 1.47 bits per heavy atom. The van der Waals surface area contributed by atoms with Crippen molar-refractivity contribution in [1.29, 1.82) is 0 Å². The topological polar surface area (TPSA) is 58.6 Å². The molecule has 2 atom stereocenters. The lowest BCUT2D eigenvalue weighted by atomic mass is 10.1. The summed E-state index contributed by atoms with van der Waals surface area (Å²) in [4.78, 5) is 10.4. The van der Waals surface area contributed by atoms with Gasteiger partial charge in [-0.2, -0.15) is 0 Å². The van der Waals surface area contributed by atoms with Gasteiger partial charge in [0, 0.05) is 12.0 Å². The van der Waals surface area contributed by atoms with Crippen LogP contribution in [-0.4, -0.2) is 24.4 Å². The van der Waals surface area contributed by atoms with Gasteiger partial charge in [-0.3, -0.25) is 0 Å². The third kappa shape index (κ3) is 2.21. The molecule has 1 aromatic carbocycles. The quantitative estimate of drug-likeness (QED) is 0.794. The molecular weight excluding hydrogens is 194 g/mol. The van der Waals surface area contributed by atoms with Crippen LogP contribution in [0.1, 0.15) is 17.9 Å². The van der Waals surface area contributed by atoms with Crippen molar-refractivity contribution in [1.82, 2.24) is 5.32 Å². The number of rotatable bonds is 3. The van der Waals surface area contributed by atoms with E-state index in [0.717, 1.165) is 17.7 Å². The van der Waals surface area contributed by atoms with E-state index in [2.05, 4.69) is 5.32 Å². The van der Waals surface area contributed by atoms with Crippen molar-refractivity contribution in [3.63, 3.8) is 0 Å². The first-order chi connectivity index (χ1) is 7.20. The molecule has 0 aromatic heterocycles. The number of benzene rings is 1. The van der Waals surface area contributed by atoms with Crippen LogP contribution in [0.3, 0.4) is 0 Å². The number of methoxy groups -OCH3 is 1. The summed E-state index contributed by atoms with van der Waals surface area (Å²) in [6.07, 6.45) is -0.0606. The smallest absolute Gasteiger partial charge is 0.404 e. The Hall–Kier alpha value is -1.71. The first kappa shape index (κ1) is 9.83. The van der Waals surface area contributed by atoms with E-state index >= 15 is 0 Å². The van der Waals surface area contributed by atoms with Gasteiger partial charge in [-0.1, -0.05) is 12.1 Å². The molecule has 4 nitrogen and oxygen atoms in total. The van der Waals surface area contributed by atoms with Gasteiger partial charge in [0.2, 0.25) is 0 Å². The molecule has 0 aliphatic heterocycles. The molecule has 1 saturated carbocycles. The second-order valence-electron chi connectivity index (χ2n) is 3.67. The number of amides is 1. The van der Waals surface area contributed by atoms with Crippen molar-refractivity contribution in [2.24, 2.45) is 0 Å². The average Bonchev–Trinajstić information content (AvgIpc) is 2.96. The van der Waals surface area contributed by atoms with Crippen LogP contribution in [0.2, 0.25) is 0 Å². The summed E-state index contributed by atoms with van der Waals surface area (Å²) in [6.45, 7) is 0. The zero-order valence-corrected chi connectivity index (χ0v) is 8.43. The molecule has 0 saturated heterocycles. The third-order valence-corrected chi connectivity index (χ3v) is 2.64. The van der Waals surface area contributed by atoms with E-state index in [1.807, 2.05) is 24.3 Å². The van der Waals surface area contributed by atoms with Crippen molar-refractivity contribution in [3.05, 3.63) is 29.8 Å². The Balaban J connectivity index is 1.97. The van der Waals surface area contributed by atoms with Gasteiger partial charge in [-0.05, 0) is 24.1 Å². The van der Waals surface area contributed by atoms with Crippen molar-refractivity contribution in [2.75, 3.05) is 7.11 Å². The SMILES string of the molecule is COc1ccc([C@@H]2C[C@H]2NC(=O)O)cc1. The summed E-state index contributed by atoms with van der Waals surface area (Å²) in [5, 5.41) is 11.0. The fourth-order valence-corrected chi connectivity index (χ4v) is 1.73. The lowest BCUT2D eigenvalue weighted by molar-refractivity contribution is 0.193. The fourth-order valence-electron chi connectivity index (χ4n) is 1.73. The van der Waals surface area contributed by atoms with Crippen LogP contribution in [0.15, 0.2) is 24.3 Å². The normalized spacial score (nSPS) is 23.3. The minimum absolute atomic E-state index is 0.0795. The highest BCUT2D eigenvalue weighted by atomic mass is 16.5. The van der Waals surface area contributed by atoms with Crippen LogP contribution in [0.5, 0.6) is 5.75 Å². The van der Waals surface area contributed by atoms with Crippen molar-refractivity contribution in [2.45, 2.75) is 18.4 Å². The van der Waals surface area contributed by atoms with Crippen molar-refractivity contribution in [3.8, 4) is 5.75 Å². The number of ether oxygens (including phenoxy) is 1. The molecule has 0 spiro atoms. The summed E-state index contributed by atoms with van der Waals surface area (Å²) >= 11 is 0. The number of hydrogen-bond acceptors (Lipinski definition) is 2. The van der Waals surface area contributed by atoms with Gasteiger partial charge in [0.25, 0.3) is 0 Å². The van der Waals surface area contributed by atoms with Gasteiger partial charge < -0.3 is 15.2 Å². The highest BCUT2D eigenvalue weighted by Gasteiger charge is 2.39. The summed E-state index contributed by atoms with van der Waals surface area (Å²) in [5.41, 5.74) is 1.16. The molecule has 1 amide bonds. The Bertz CT molecular complexity index is 361. The molecule has 2 N–H and O–H groups in total. The first-order valence-corrected chi connectivity index (χ1v) is 4.84. The van der Waals surface area contributed by atoms with E-state index < -0.39 is 6.09 Å². The van der Waals surface area contributed by atoms with E-state index in [-0.39, 0.29) is 6.04 Å². The van der Waals surface area contributed by atoms with Gasteiger partial charge in [-0.15, -0.1) is 0 Å². The Labute approximate surface area is 87.9 Å². The Morgan fingerprint density at radius 2 is 2.13 bits per heavy atom. The molecule has 1 fully saturated rings. The first-order valence-electron chi connectivity index (χ1n) is 4.84. The maximum absolute atomic E-state index is 10.4. The van der Waals surface area contributed by atoms with Gasteiger partial charge in [-0.25, -0.2) is 4.79 Å². The lowest BCUT2D eigenvalue weighted by Crippen LogP contribution is -2.24. The fraction of sp³-hybridized carbons (Fsp3) is 0.364. The third-order valence-electron chi connectivity index (χ3n) is 2.64. The summed E-state index contributed by atoms with van der Waals surface area (Å²) in [5.74, 6) is 1.15. The molecule has 1 aliphatic rings. The van der Waals surface area contributed by atoms with Gasteiger partial charge >= 0.3 is 6.09 Å². The van der Waals surface area contributed by atoms with Crippen LogP contribution >= 0.6 is 0 Å². The van der Waals surface area contributed by atoms with Gasteiger partial charge in [0.1, 0.15) is 5.75 Å². The maximum atomic E-state index is 10.4. The van der Waals surface area contributed by atoms with Crippen LogP contribution in [-0.2, 0) is 0 Å². The molecule has 0 heterocycles. The Morgan fingerprint density at radius 3 is 2.67 bits per heavy atom. The number of hydrogen-bond donors (Lipinski definition) is 2. The molecule has 80 valence electrons. The number of carboxylic acid groups (broad SMARTS) is 1. The molecular formula is C11H13NO3. The highest BCUT2D eigenvalue weighted by Crippen LogP contribution is 2.41. The van der Waals surface area contributed by atoms with Crippen molar-refractivity contribution >= 4 is 6.09 Å². The van der Waals surface area contributed by atoms with E-state index in [0.29, 0.717) is 5.92 Å². The summed E-state index contributed by atoms with van der Waals surface area (Å²) < 4.78 is 5.05. The molecule has 2 rings (SSSR count). The van der Waals surface area contributed by atoms with E-state index in [4.69, 9.17) is 9.84 Å². The molecule has 4 heteroatoms. The van der Waals surface area contributed by atoms with E-state index in [1.54, 1.807) is 7.11 Å². The molecule has 1 aliphatic carbocycles. The summed E-state index contributed by atoms with van der Waals surface area (Å²) in [7, 11) is 1.63. The van der Waals surface area contributed by atoms with Gasteiger partial charge in [0.05, 0.1) is 7.11 Å². The van der Waals surface area contributed by atoms with E-state index in [9.17, 15) is 4.79 Å². The van der Waals surface area contributed by atoms with Crippen molar-refractivity contribution < 1.29 is 14.6 Å².